The fourth-order valence-electron chi connectivity index (χ4n) is 3.05. The van der Waals surface area contributed by atoms with Crippen LogP contribution in [-0.4, -0.2) is 57.8 Å². The molecule has 1 aliphatic heterocycles. The van der Waals surface area contributed by atoms with Crippen molar-refractivity contribution in [3.05, 3.63) is 23.9 Å². The highest BCUT2D eigenvalue weighted by Crippen LogP contribution is 2.19. The van der Waals surface area contributed by atoms with E-state index in [4.69, 9.17) is 4.74 Å². The van der Waals surface area contributed by atoms with Crippen LogP contribution < -0.4 is 10.6 Å². The molecule has 0 bridgehead atoms. The molecule has 9 heteroatoms. The van der Waals surface area contributed by atoms with E-state index in [1.54, 1.807) is 33.0 Å². The molecule has 1 aromatic heterocycles. The summed E-state index contributed by atoms with van der Waals surface area (Å²) in [7, 11) is 0. The topological polar surface area (TPSA) is 104 Å². The van der Waals surface area contributed by atoms with Gasteiger partial charge in [0, 0.05) is 19.3 Å². The number of aryl methyl sites for hydroxylation is 1. The van der Waals surface area contributed by atoms with Crippen molar-refractivity contribution in [3.63, 3.8) is 0 Å². The Kier molecular flexibility index (Phi) is 7.64. The lowest BCUT2D eigenvalue weighted by atomic mass is 9.98. The van der Waals surface area contributed by atoms with Crippen LogP contribution in [0.15, 0.2) is 18.3 Å². The van der Waals surface area contributed by atoms with Crippen molar-refractivity contribution in [1.82, 2.24) is 20.3 Å². The van der Waals surface area contributed by atoms with Crippen LogP contribution in [0.1, 0.15) is 53.0 Å². The maximum absolute atomic E-state index is 13.3. The van der Waals surface area contributed by atoms with Gasteiger partial charge >= 0.3 is 12.1 Å². The number of hydrogen-bond acceptors (Lipinski definition) is 5. The SMILES string of the molecule is CCC(C)C(NC(=O)OC(C)(C)C)C(=O)N1CCCN1C(=O)Nc1ccc(C)cn1. The lowest BCUT2D eigenvalue weighted by Gasteiger charge is -2.33. The molecule has 30 heavy (non-hydrogen) atoms. The molecule has 0 aliphatic carbocycles. The summed E-state index contributed by atoms with van der Waals surface area (Å²) in [6.45, 7) is 11.8. The monoisotopic (exact) mass is 419 g/mol. The zero-order valence-electron chi connectivity index (χ0n) is 18.7. The van der Waals surface area contributed by atoms with Crippen LogP contribution in [0, 0.1) is 12.8 Å². The Morgan fingerprint density at radius 2 is 1.87 bits per heavy atom. The van der Waals surface area contributed by atoms with E-state index >= 15 is 0 Å². The lowest BCUT2D eigenvalue weighted by Crippen LogP contribution is -2.56. The second-order valence-electron chi connectivity index (χ2n) is 8.60. The first kappa shape index (κ1) is 23.4. The van der Waals surface area contributed by atoms with Gasteiger partial charge < -0.3 is 10.1 Å². The van der Waals surface area contributed by atoms with Crippen LogP contribution in [-0.2, 0) is 9.53 Å². The summed E-state index contributed by atoms with van der Waals surface area (Å²) in [6, 6.07) is 2.33. The van der Waals surface area contributed by atoms with Gasteiger partial charge in [-0.2, -0.15) is 0 Å². The summed E-state index contributed by atoms with van der Waals surface area (Å²) in [4.78, 5) is 42.5. The van der Waals surface area contributed by atoms with Gasteiger partial charge in [0.05, 0.1) is 0 Å². The number of urea groups is 1. The van der Waals surface area contributed by atoms with Crippen LogP contribution in [0.2, 0.25) is 0 Å². The number of nitrogens with one attached hydrogen (secondary N) is 2. The molecule has 2 atom stereocenters. The number of hydrazine groups is 1. The number of carbonyl (C=O) groups excluding carboxylic acids is 3. The third kappa shape index (κ3) is 6.33. The average molecular weight is 420 g/mol. The summed E-state index contributed by atoms with van der Waals surface area (Å²) in [5.41, 5.74) is 0.309. The van der Waals surface area contributed by atoms with Gasteiger partial charge in [-0.05, 0) is 51.7 Å². The van der Waals surface area contributed by atoms with Gasteiger partial charge in [-0.1, -0.05) is 26.3 Å². The predicted octanol–water partition coefficient (Wildman–Crippen LogP) is 3.31. The first-order valence-electron chi connectivity index (χ1n) is 10.3. The summed E-state index contributed by atoms with van der Waals surface area (Å²) in [6.07, 6.45) is 2.34. The molecular formula is C21H33N5O4. The number of ether oxygens (including phenoxy) is 1. The van der Waals surface area contributed by atoms with Crippen molar-refractivity contribution in [1.29, 1.82) is 0 Å². The quantitative estimate of drug-likeness (QED) is 0.762. The molecule has 1 fully saturated rings. The number of aromatic nitrogens is 1. The molecule has 0 saturated carbocycles. The molecule has 2 rings (SSSR count). The van der Waals surface area contributed by atoms with Gasteiger partial charge in [-0.3, -0.25) is 10.1 Å². The van der Waals surface area contributed by atoms with E-state index < -0.39 is 23.8 Å². The predicted molar refractivity (Wildman–Crippen MR) is 114 cm³/mol. The van der Waals surface area contributed by atoms with E-state index in [0.717, 1.165) is 5.56 Å². The van der Waals surface area contributed by atoms with E-state index in [1.165, 1.54) is 10.0 Å². The van der Waals surface area contributed by atoms with Crippen LogP contribution in [0.4, 0.5) is 15.4 Å². The summed E-state index contributed by atoms with van der Waals surface area (Å²) in [5.74, 6) is -0.0516. The molecule has 1 aliphatic rings. The highest BCUT2D eigenvalue weighted by atomic mass is 16.6. The molecule has 2 heterocycles. The lowest BCUT2D eigenvalue weighted by molar-refractivity contribution is -0.143. The summed E-state index contributed by atoms with van der Waals surface area (Å²) >= 11 is 0. The van der Waals surface area contributed by atoms with Gasteiger partial charge in [0.25, 0.3) is 5.91 Å². The van der Waals surface area contributed by atoms with Crippen LogP contribution in [0.3, 0.4) is 0 Å². The van der Waals surface area contributed by atoms with E-state index in [9.17, 15) is 14.4 Å². The largest absolute Gasteiger partial charge is 0.444 e. The van der Waals surface area contributed by atoms with E-state index in [2.05, 4.69) is 15.6 Å². The van der Waals surface area contributed by atoms with E-state index in [1.807, 2.05) is 26.8 Å². The third-order valence-electron chi connectivity index (χ3n) is 4.82. The number of pyridine rings is 1. The molecule has 2 unspecified atom stereocenters. The minimum atomic E-state index is -0.796. The Labute approximate surface area is 178 Å². The highest BCUT2D eigenvalue weighted by molar-refractivity contribution is 5.92. The smallest absolute Gasteiger partial charge is 0.408 e. The van der Waals surface area contributed by atoms with Gasteiger partial charge in [0.2, 0.25) is 0 Å². The summed E-state index contributed by atoms with van der Waals surface area (Å²) in [5, 5.41) is 8.18. The van der Waals surface area contributed by atoms with Crippen molar-refractivity contribution in [2.75, 3.05) is 18.4 Å². The Morgan fingerprint density at radius 1 is 1.20 bits per heavy atom. The number of rotatable bonds is 5. The number of hydrogen-bond donors (Lipinski definition) is 2. The molecule has 166 valence electrons. The molecule has 1 saturated heterocycles. The molecule has 9 nitrogen and oxygen atoms in total. The molecule has 0 radical (unpaired) electrons. The van der Waals surface area contributed by atoms with E-state index in [0.29, 0.717) is 31.7 Å². The second kappa shape index (κ2) is 9.77. The van der Waals surface area contributed by atoms with Crippen LogP contribution >= 0.6 is 0 Å². The van der Waals surface area contributed by atoms with E-state index in [-0.39, 0.29) is 11.8 Å². The third-order valence-corrected chi connectivity index (χ3v) is 4.82. The maximum Gasteiger partial charge on any atom is 0.408 e. The Hall–Kier alpha value is -2.84. The minimum Gasteiger partial charge on any atom is -0.444 e. The van der Waals surface area contributed by atoms with Gasteiger partial charge in [-0.15, -0.1) is 0 Å². The normalized spacial score (nSPS) is 16.1. The highest BCUT2D eigenvalue weighted by Gasteiger charge is 2.38. The summed E-state index contributed by atoms with van der Waals surface area (Å²) < 4.78 is 5.32. The Morgan fingerprint density at radius 3 is 2.43 bits per heavy atom. The second-order valence-corrected chi connectivity index (χ2v) is 8.60. The van der Waals surface area contributed by atoms with Gasteiger partial charge in [-0.25, -0.2) is 24.6 Å². The standard InChI is InChI=1S/C21H33N5O4/c1-7-15(3)17(24-20(29)30-21(4,5)6)18(27)25-11-8-12-26(25)19(28)23-16-10-9-14(2)13-22-16/h9-10,13,15,17H,7-8,11-12H2,1-6H3,(H,24,29)(H,22,23,28). The van der Waals surface area contributed by atoms with Crippen molar-refractivity contribution < 1.29 is 19.1 Å². The van der Waals surface area contributed by atoms with Crippen molar-refractivity contribution in [3.8, 4) is 0 Å². The number of amides is 4. The van der Waals surface area contributed by atoms with Crippen molar-refractivity contribution >= 4 is 23.8 Å². The molecular weight excluding hydrogens is 386 g/mol. The number of nitrogens with zero attached hydrogens (tertiary/aromatic N) is 3. The van der Waals surface area contributed by atoms with Crippen molar-refractivity contribution in [2.45, 2.75) is 66.0 Å². The number of anilines is 1. The van der Waals surface area contributed by atoms with Gasteiger partial charge in [0.15, 0.2) is 0 Å². The first-order valence-corrected chi connectivity index (χ1v) is 10.3. The molecule has 4 amide bonds. The number of carbonyl (C=O) groups is 3. The minimum absolute atomic E-state index is 0.130. The molecule has 0 spiro atoms. The zero-order chi connectivity index (χ0) is 22.5. The molecule has 0 aromatic carbocycles. The molecule has 1 aromatic rings. The fourth-order valence-corrected chi connectivity index (χ4v) is 3.05. The van der Waals surface area contributed by atoms with Crippen LogP contribution in [0.25, 0.3) is 0 Å². The average Bonchev–Trinajstić information content (AvgIpc) is 3.15. The maximum atomic E-state index is 13.3. The van der Waals surface area contributed by atoms with Crippen LogP contribution in [0.5, 0.6) is 0 Å². The Bertz CT molecular complexity index is 760. The first-order chi connectivity index (χ1) is 14.0. The fraction of sp³-hybridized carbons (Fsp3) is 0.619. The van der Waals surface area contributed by atoms with Crippen molar-refractivity contribution in [2.24, 2.45) is 5.92 Å². The number of alkyl carbamates (subject to hydrolysis) is 1. The zero-order valence-corrected chi connectivity index (χ0v) is 18.7. The molecule has 2 N–H and O–H groups in total. The Balaban J connectivity index is 2.12. The van der Waals surface area contributed by atoms with Gasteiger partial charge in [0.1, 0.15) is 17.5 Å².